The van der Waals surface area contributed by atoms with E-state index in [0.717, 1.165) is 32.1 Å². The van der Waals surface area contributed by atoms with Crippen molar-refractivity contribution in [3.05, 3.63) is 24.5 Å². The van der Waals surface area contributed by atoms with Crippen LogP contribution in [0.5, 0.6) is 0 Å². The third-order valence-electron chi connectivity index (χ3n) is 5.23. The van der Waals surface area contributed by atoms with Gasteiger partial charge in [-0.15, -0.1) is 0 Å². The maximum atomic E-state index is 12.7. The minimum absolute atomic E-state index is 0.0120. The summed E-state index contributed by atoms with van der Waals surface area (Å²) < 4.78 is 26.9. The van der Waals surface area contributed by atoms with Gasteiger partial charge in [-0.25, -0.2) is 8.42 Å². The molecule has 1 N–H and O–H groups in total. The first-order chi connectivity index (χ1) is 12.1. The lowest BCUT2D eigenvalue weighted by molar-refractivity contribution is -0.126. The summed E-state index contributed by atoms with van der Waals surface area (Å²) in [6.45, 7) is 0.722. The molecule has 1 aliphatic carbocycles. The fourth-order valence-corrected chi connectivity index (χ4v) is 5.25. The van der Waals surface area contributed by atoms with Crippen LogP contribution in [0.3, 0.4) is 0 Å². The summed E-state index contributed by atoms with van der Waals surface area (Å²) in [6, 6.07) is 3.42. The molecule has 25 heavy (non-hydrogen) atoms. The zero-order chi connectivity index (χ0) is 17.7. The monoisotopic (exact) mass is 365 g/mol. The molecule has 138 valence electrons. The summed E-state index contributed by atoms with van der Waals surface area (Å²) in [6.07, 6.45) is 11.3. The molecule has 2 aliphatic rings. The van der Waals surface area contributed by atoms with E-state index in [4.69, 9.17) is 0 Å². The molecule has 1 aliphatic heterocycles. The summed E-state index contributed by atoms with van der Waals surface area (Å²) in [5.74, 6) is -0.249. The van der Waals surface area contributed by atoms with E-state index >= 15 is 0 Å². The van der Waals surface area contributed by atoms with E-state index in [1.807, 2.05) is 0 Å². The van der Waals surface area contributed by atoms with Gasteiger partial charge in [0.25, 0.3) is 0 Å². The Morgan fingerprint density at radius 2 is 1.88 bits per heavy atom. The zero-order valence-electron chi connectivity index (χ0n) is 14.6. The fourth-order valence-electron chi connectivity index (χ4n) is 3.77. The molecule has 1 saturated carbocycles. The van der Waals surface area contributed by atoms with Gasteiger partial charge in [-0.1, -0.05) is 25.7 Å². The second-order valence-corrected chi connectivity index (χ2v) is 9.03. The summed E-state index contributed by atoms with van der Waals surface area (Å²) in [5, 5.41) is 3.17. The van der Waals surface area contributed by atoms with Crippen LogP contribution < -0.4 is 5.32 Å². The van der Waals surface area contributed by atoms with Crippen LogP contribution in [0, 0.1) is 5.92 Å². The summed E-state index contributed by atoms with van der Waals surface area (Å²) in [5.41, 5.74) is 0. The third kappa shape index (κ3) is 4.58. The highest BCUT2D eigenvalue weighted by Crippen LogP contribution is 2.24. The van der Waals surface area contributed by atoms with Crippen molar-refractivity contribution in [2.24, 2.45) is 5.92 Å². The molecule has 0 spiro atoms. The average Bonchev–Trinajstić information content (AvgIpc) is 2.91. The van der Waals surface area contributed by atoms with E-state index in [1.165, 1.54) is 23.3 Å². The van der Waals surface area contributed by atoms with Gasteiger partial charge in [0.2, 0.25) is 15.9 Å². The van der Waals surface area contributed by atoms with Gasteiger partial charge in [0.05, 0.1) is 5.92 Å². The molecule has 2 heterocycles. The molecular formula is C18H27N3O3S. The molecule has 1 atom stereocenters. The molecule has 1 unspecified atom stereocenters. The van der Waals surface area contributed by atoms with Gasteiger partial charge in [-0.3, -0.25) is 9.78 Å². The van der Waals surface area contributed by atoms with Gasteiger partial charge < -0.3 is 5.32 Å². The van der Waals surface area contributed by atoms with Crippen LogP contribution in [-0.4, -0.2) is 42.7 Å². The second kappa shape index (κ2) is 8.27. The summed E-state index contributed by atoms with van der Waals surface area (Å²) in [7, 11) is -3.58. The Morgan fingerprint density at radius 3 is 2.56 bits per heavy atom. The average molecular weight is 365 g/mol. The van der Waals surface area contributed by atoms with E-state index in [1.54, 1.807) is 18.3 Å². The van der Waals surface area contributed by atoms with Crippen molar-refractivity contribution in [3.8, 4) is 0 Å². The van der Waals surface area contributed by atoms with Crippen molar-refractivity contribution >= 4 is 15.9 Å². The van der Waals surface area contributed by atoms with E-state index < -0.39 is 10.0 Å². The molecular weight excluding hydrogens is 338 g/mol. The SMILES string of the molecule is O=C(NC1CCCCCC1)C1CCCN(S(=O)(=O)c2cccnc2)C1. The van der Waals surface area contributed by atoms with Crippen molar-refractivity contribution in [2.45, 2.75) is 62.3 Å². The number of sulfonamides is 1. The Bertz CT molecular complexity index is 670. The first kappa shape index (κ1) is 18.3. The normalized spacial score (nSPS) is 23.8. The highest BCUT2D eigenvalue weighted by Gasteiger charge is 2.34. The molecule has 6 nitrogen and oxygen atoms in total. The molecule has 2 fully saturated rings. The molecule has 7 heteroatoms. The lowest BCUT2D eigenvalue weighted by atomic mass is 9.97. The zero-order valence-corrected chi connectivity index (χ0v) is 15.4. The standard InChI is InChI=1S/C18H27N3O3S/c22-18(20-16-8-3-1-2-4-9-16)15-7-6-12-21(14-15)25(23,24)17-10-5-11-19-13-17/h5,10-11,13,15-16H,1-4,6-9,12,14H2,(H,20,22). The predicted octanol–water partition coefficient (Wildman–Crippen LogP) is 2.32. The number of nitrogens with zero attached hydrogens (tertiary/aromatic N) is 2. The number of hydrogen-bond acceptors (Lipinski definition) is 4. The summed E-state index contributed by atoms with van der Waals surface area (Å²) >= 11 is 0. The number of carbonyl (C=O) groups is 1. The minimum atomic E-state index is -3.58. The number of piperidine rings is 1. The number of nitrogens with one attached hydrogen (secondary N) is 1. The Balaban J connectivity index is 1.63. The highest BCUT2D eigenvalue weighted by atomic mass is 32.2. The molecule has 0 aromatic carbocycles. The lowest BCUT2D eigenvalue weighted by Gasteiger charge is -2.32. The molecule has 1 saturated heterocycles. The van der Waals surface area contributed by atoms with Crippen molar-refractivity contribution in [1.82, 2.24) is 14.6 Å². The van der Waals surface area contributed by atoms with Crippen LogP contribution in [-0.2, 0) is 14.8 Å². The summed E-state index contributed by atoms with van der Waals surface area (Å²) in [4.78, 5) is 16.7. The first-order valence-corrected chi connectivity index (χ1v) is 10.7. The van der Waals surface area contributed by atoms with Gasteiger partial charge in [-0.2, -0.15) is 4.31 Å². The number of hydrogen-bond donors (Lipinski definition) is 1. The molecule has 1 aromatic rings. The molecule has 1 amide bonds. The van der Waals surface area contributed by atoms with Crippen molar-refractivity contribution in [1.29, 1.82) is 0 Å². The van der Waals surface area contributed by atoms with Gasteiger partial charge >= 0.3 is 0 Å². The van der Waals surface area contributed by atoms with Gasteiger partial charge in [-0.05, 0) is 37.8 Å². The quantitative estimate of drug-likeness (QED) is 0.831. The van der Waals surface area contributed by atoms with E-state index in [-0.39, 0.29) is 29.3 Å². The Morgan fingerprint density at radius 1 is 1.12 bits per heavy atom. The maximum absolute atomic E-state index is 12.7. The Kier molecular flexibility index (Phi) is 6.06. The number of amides is 1. The van der Waals surface area contributed by atoms with Crippen LogP contribution in [0.25, 0.3) is 0 Å². The largest absolute Gasteiger partial charge is 0.353 e. The number of aromatic nitrogens is 1. The van der Waals surface area contributed by atoms with E-state index in [9.17, 15) is 13.2 Å². The van der Waals surface area contributed by atoms with Crippen LogP contribution in [0.2, 0.25) is 0 Å². The Hall–Kier alpha value is -1.47. The first-order valence-electron chi connectivity index (χ1n) is 9.28. The van der Waals surface area contributed by atoms with Crippen LogP contribution in [0.1, 0.15) is 51.4 Å². The smallest absolute Gasteiger partial charge is 0.244 e. The molecule has 0 radical (unpaired) electrons. The van der Waals surface area contributed by atoms with Gasteiger partial charge in [0.1, 0.15) is 4.90 Å². The third-order valence-corrected chi connectivity index (χ3v) is 7.08. The molecule has 1 aromatic heterocycles. The van der Waals surface area contributed by atoms with Gasteiger partial charge in [0, 0.05) is 31.5 Å². The second-order valence-electron chi connectivity index (χ2n) is 7.09. The van der Waals surface area contributed by atoms with E-state index in [2.05, 4.69) is 10.3 Å². The lowest BCUT2D eigenvalue weighted by Crippen LogP contribution is -2.47. The molecule has 3 rings (SSSR count). The van der Waals surface area contributed by atoms with Crippen molar-refractivity contribution in [2.75, 3.05) is 13.1 Å². The van der Waals surface area contributed by atoms with Crippen LogP contribution in [0.15, 0.2) is 29.4 Å². The van der Waals surface area contributed by atoms with Crippen molar-refractivity contribution < 1.29 is 13.2 Å². The number of pyridine rings is 1. The highest BCUT2D eigenvalue weighted by molar-refractivity contribution is 7.89. The van der Waals surface area contributed by atoms with E-state index in [0.29, 0.717) is 13.0 Å². The number of rotatable bonds is 4. The van der Waals surface area contributed by atoms with Crippen molar-refractivity contribution in [3.63, 3.8) is 0 Å². The molecule has 0 bridgehead atoms. The number of carbonyl (C=O) groups excluding carboxylic acids is 1. The maximum Gasteiger partial charge on any atom is 0.244 e. The fraction of sp³-hybridized carbons (Fsp3) is 0.667. The minimum Gasteiger partial charge on any atom is -0.353 e. The predicted molar refractivity (Wildman–Crippen MR) is 95.4 cm³/mol. The van der Waals surface area contributed by atoms with Crippen LogP contribution >= 0.6 is 0 Å². The van der Waals surface area contributed by atoms with Gasteiger partial charge in [0.15, 0.2) is 0 Å². The Labute approximate surface area is 150 Å². The van der Waals surface area contributed by atoms with Crippen LogP contribution in [0.4, 0.5) is 0 Å². The topological polar surface area (TPSA) is 79.4 Å².